The first kappa shape index (κ1) is 31.9. The topological polar surface area (TPSA) is 79.1 Å². The molecule has 1 aliphatic heterocycles. The number of allylic oxidation sites excluding steroid dienone is 1. The third-order valence-corrected chi connectivity index (χ3v) is 8.45. The average Bonchev–Trinajstić information content (AvgIpc) is 3.26. The Kier molecular flexibility index (Phi) is 9.85. The van der Waals surface area contributed by atoms with Crippen molar-refractivity contribution in [3.8, 4) is 11.5 Å². The Morgan fingerprint density at radius 1 is 1.07 bits per heavy atom. The molecule has 0 spiro atoms. The summed E-state index contributed by atoms with van der Waals surface area (Å²) in [7, 11) is 0. The maximum absolute atomic E-state index is 14.2. The molecule has 1 aliphatic rings. The maximum atomic E-state index is 14.2. The van der Waals surface area contributed by atoms with Crippen LogP contribution in [0, 0.1) is 0 Å². The Balaban J connectivity index is 1.67. The van der Waals surface area contributed by atoms with Gasteiger partial charge in [0, 0.05) is 21.2 Å². The summed E-state index contributed by atoms with van der Waals surface area (Å²) in [5.74, 6) is 0.373. The van der Waals surface area contributed by atoms with Crippen molar-refractivity contribution in [2.45, 2.75) is 46.4 Å². The standard InChI is InChI=1S/C33H29Cl3N2O5S/c1-5-41-32(40)28-19(4)37-33-38(29(28)24-8-6-7-9-26(24)43-18(2)3)31(39)27(44-33)15-21-14-23(35)16-25(36)30(21)42-17-20-10-12-22(34)13-11-20/h6-16,18,29H,5,17H2,1-4H3/b27-15-/t29-/m1/s1. The van der Waals surface area contributed by atoms with Crippen molar-refractivity contribution >= 4 is 58.2 Å². The van der Waals surface area contributed by atoms with E-state index in [4.69, 9.17) is 49.0 Å². The van der Waals surface area contributed by atoms with E-state index in [1.54, 1.807) is 44.2 Å². The van der Waals surface area contributed by atoms with Gasteiger partial charge in [-0.05, 0) is 69.7 Å². The second kappa shape index (κ2) is 13.6. The molecule has 1 aromatic heterocycles. The molecule has 0 saturated carbocycles. The van der Waals surface area contributed by atoms with Gasteiger partial charge < -0.3 is 14.2 Å². The number of hydrogen-bond acceptors (Lipinski definition) is 7. The molecule has 5 rings (SSSR count). The zero-order valence-corrected chi connectivity index (χ0v) is 27.5. The quantitative estimate of drug-likeness (QED) is 0.177. The minimum absolute atomic E-state index is 0.137. The molecule has 44 heavy (non-hydrogen) atoms. The van der Waals surface area contributed by atoms with Crippen LogP contribution in [-0.2, 0) is 16.1 Å². The molecule has 2 heterocycles. The first-order chi connectivity index (χ1) is 21.1. The zero-order valence-electron chi connectivity index (χ0n) is 24.4. The van der Waals surface area contributed by atoms with Gasteiger partial charge in [-0.2, -0.15) is 0 Å². The van der Waals surface area contributed by atoms with Crippen LogP contribution in [0.5, 0.6) is 11.5 Å². The summed E-state index contributed by atoms with van der Waals surface area (Å²) in [5, 5.41) is 1.29. The third kappa shape index (κ3) is 6.74. The summed E-state index contributed by atoms with van der Waals surface area (Å²) in [6.45, 7) is 7.69. The number of aromatic nitrogens is 1. The lowest BCUT2D eigenvalue weighted by Gasteiger charge is -2.26. The summed E-state index contributed by atoms with van der Waals surface area (Å²) in [4.78, 5) is 32.6. The molecule has 11 heteroatoms. The van der Waals surface area contributed by atoms with Gasteiger partial charge in [-0.15, -0.1) is 0 Å². The molecule has 0 saturated heterocycles. The molecule has 0 aliphatic carbocycles. The summed E-state index contributed by atoms with van der Waals surface area (Å²) < 4.78 is 19.5. The third-order valence-electron chi connectivity index (χ3n) is 6.71. The Morgan fingerprint density at radius 2 is 1.80 bits per heavy atom. The van der Waals surface area contributed by atoms with Crippen LogP contribution < -0.4 is 24.4 Å². The van der Waals surface area contributed by atoms with Gasteiger partial charge >= 0.3 is 5.97 Å². The molecule has 1 atom stereocenters. The van der Waals surface area contributed by atoms with E-state index in [2.05, 4.69) is 4.99 Å². The van der Waals surface area contributed by atoms with Crippen LogP contribution in [-0.4, -0.2) is 23.2 Å². The van der Waals surface area contributed by atoms with Crippen molar-refractivity contribution in [2.75, 3.05) is 6.61 Å². The van der Waals surface area contributed by atoms with Gasteiger partial charge in [-0.3, -0.25) is 9.36 Å². The maximum Gasteiger partial charge on any atom is 0.338 e. The van der Waals surface area contributed by atoms with Crippen molar-refractivity contribution in [2.24, 2.45) is 4.99 Å². The fourth-order valence-corrected chi connectivity index (χ4v) is 6.60. The number of esters is 1. The molecule has 0 unspecified atom stereocenters. The number of carbonyl (C=O) groups excluding carboxylic acids is 1. The van der Waals surface area contributed by atoms with Crippen molar-refractivity contribution in [1.82, 2.24) is 4.57 Å². The molecular formula is C33H29Cl3N2O5S. The van der Waals surface area contributed by atoms with Crippen LogP contribution in [0.3, 0.4) is 0 Å². The molecule has 3 aromatic carbocycles. The summed E-state index contributed by atoms with van der Waals surface area (Å²) >= 11 is 20.2. The van der Waals surface area contributed by atoms with Crippen LogP contribution in [0.15, 0.2) is 81.7 Å². The normalized spacial score (nSPS) is 14.8. The number of para-hydroxylation sites is 1. The minimum atomic E-state index is -0.828. The Morgan fingerprint density at radius 3 is 2.50 bits per heavy atom. The molecule has 0 bridgehead atoms. The number of fused-ring (bicyclic) bond motifs is 1. The van der Waals surface area contributed by atoms with Crippen LogP contribution in [0.4, 0.5) is 0 Å². The summed E-state index contributed by atoms with van der Waals surface area (Å²) in [5.41, 5.74) is 2.41. The lowest BCUT2D eigenvalue weighted by Crippen LogP contribution is -2.40. The lowest BCUT2D eigenvalue weighted by molar-refractivity contribution is -0.139. The molecule has 0 amide bonds. The van der Waals surface area contributed by atoms with E-state index < -0.39 is 12.0 Å². The van der Waals surface area contributed by atoms with E-state index in [-0.39, 0.29) is 30.5 Å². The Bertz CT molecular complexity index is 1930. The number of thiazole rings is 1. The van der Waals surface area contributed by atoms with Gasteiger partial charge in [-0.25, -0.2) is 9.79 Å². The van der Waals surface area contributed by atoms with Crippen LogP contribution in [0.1, 0.15) is 50.4 Å². The van der Waals surface area contributed by atoms with Gasteiger partial charge in [0.25, 0.3) is 5.56 Å². The molecule has 0 radical (unpaired) electrons. The number of ether oxygens (including phenoxy) is 3. The fraction of sp³-hybridized carbons (Fsp3) is 0.242. The summed E-state index contributed by atoms with van der Waals surface area (Å²) in [6, 6.07) is 17.1. The Labute approximate surface area is 273 Å². The molecule has 7 nitrogen and oxygen atoms in total. The first-order valence-corrected chi connectivity index (χ1v) is 15.8. The number of nitrogens with zero attached hydrogens (tertiary/aromatic N) is 2. The van der Waals surface area contributed by atoms with Crippen molar-refractivity contribution in [1.29, 1.82) is 0 Å². The van der Waals surface area contributed by atoms with Gasteiger partial charge in [0.2, 0.25) is 0 Å². The van der Waals surface area contributed by atoms with E-state index >= 15 is 0 Å². The number of benzene rings is 3. The highest BCUT2D eigenvalue weighted by Crippen LogP contribution is 2.37. The highest BCUT2D eigenvalue weighted by molar-refractivity contribution is 7.07. The van der Waals surface area contributed by atoms with E-state index in [0.717, 1.165) is 5.56 Å². The van der Waals surface area contributed by atoms with Crippen molar-refractivity contribution in [3.63, 3.8) is 0 Å². The van der Waals surface area contributed by atoms with Crippen molar-refractivity contribution < 1.29 is 19.0 Å². The lowest BCUT2D eigenvalue weighted by atomic mass is 9.95. The fourth-order valence-electron chi connectivity index (χ4n) is 4.87. The summed E-state index contributed by atoms with van der Waals surface area (Å²) in [6.07, 6.45) is 1.54. The van der Waals surface area contributed by atoms with E-state index in [1.165, 1.54) is 15.9 Å². The van der Waals surface area contributed by atoms with Crippen LogP contribution in [0.2, 0.25) is 15.1 Å². The van der Waals surface area contributed by atoms with Gasteiger partial charge in [0.05, 0.1) is 33.5 Å². The van der Waals surface area contributed by atoms with Gasteiger partial charge in [-0.1, -0.05) is 76.5 Å². The minimum Gasteiger partial charge on any atom is -0.491 e. The Hall–Kier alpha value is -3.56. The number of carbonyl (C=O) groups is 1. The van der Waals surface area contributed by atoms with E-state index in [9.17, 15) is 9.59 Å². The molecule has 0 N–H and O–H groups in total. The van der Waals surface area contributed by atoms with Crippen LogP contribution in [0.25, 0.3) is 6.08 Å². The zero-order chi connectivity index (χ0) is 31.5. The number of rotatable bonds is 9. The van der Waals surface area contributed by atoms with Crippen molar-refractivity contribution in [3.05, 3.63) is 123 Å². The average molecular weight is 672 g/mol. The highest BCUT2D eigenvalue weighted by Gasteiger charge is 2.35. The molecular weight excluding hydrogens is 643 g/mol. The number of hydrogen-bond donors (Lipinski definition) is 0. The predicted molar refractivity (Wildman–Crippen MR) is 175 cm³/mol. The second-order valence-corrected chi connectivity index (χ2v) is 12.5. The molecule has 4 aromatic rings. The van der Waals surface area contributed by atoms with Crippen LogP contribution >= 0.6 is 46.1 Å². The second-order valence-electron chi connectivity index (χ2n) is 10.2. The smallest absolute Gasteiger partial charge is 0.338 e. The van der Waals surface area contributed by atoms with Gasteiger partial charge in [0.1, 0.15) is 24.1 Å². The molecule has 228 valence electrons. The monoisotopic (exact) mass is 670 g/mol. The number of halogens is 3. The largest absolute Gasteiger partial charge is 0.491 e. The SMILES string of the molecule is CCOC(=O)C1=C(C)N=c2s/c(=C\c3cc(Cl)cc(Cl)c3OCc3ccc(Cl)cc3)c(=O)n2[C@@H]1c1ccccc1OC(C)C. The van der Waals surface area contributed by atoms with E-state index in [0.29, 0.717) is 52.7 Å². The first-order valence-electron chi connectivity index (χ1n) is 13.9. The predicted octanol–water partition coefficient (Wildman–Crippen LogP) is 7.12. The molecule has 0 fully saturated rings. The highest BCUT2D eigenvalue weighted by atomic mass is 35.5. The van der Waals surface area contributed by atoms with Gasteiger partial charge in [0.15, 0.2) is 4.80 Å². The van der Waals surface area contributed by atoms with E-state index in [1.807, 2.05) is 50.2 Å².